The smallest absolute Gasteiger partial charge is 0.309 e. The lowest BCUT2D eigenvalue weighted by molar-refractivity contribution is -0.136. The van der Waals surface area contributed by atoms with E-state index in [1.807, 2.05) is 39.0 Å². The summed E-state index contributed by atoms with van der Waals surface area (Å²) in [5.41, 5.74) is 4.55. The Kier molecular flexibility index (Phi) is 3.14. The van der Waals surface area contributed by atoms with E-state index in [0.29, 0.717) is 5.69 Å². The molecule has 94 valence electrons. The Balaban J connectivity index is 2.42. The van der Waals surface area contributed by atoms with Gasteiger partial charge in [-0.1, -0.05) is 11.3 Å². The van der Waals surface area contributed by atoms with Crippen LogP contribution in [0.3, 0.4) is 0 Å². The molecule has 0 amide bonds. The monoisotopic (exact) mass is 245 g/mol. The first-order chi connectivity index (χ1) is 8.49. The van der Waals surface area contributed by atoms with Gasteiger partial charge in [0.25, 0.3) is 0 Å². The number of carboxylic acids is 1. The van der Waals surface area contributed by atoms with Crippen molar-refractivity contribution in [1.82, 2.24) is 15.0 Å². The lowest BCUT2D eigenvalue weighted by atomic mass is 10.1. The second-order valence-corrected chi connectivity index (χ2v) is 4.37. The number of aromatic nitrogens is 3. The summed E-state index contributed by atoms with van der Waals surface area (Å²) < 4.78 is 1.67. The highest BCUT2D eigenvalue weighted by Crippen LogP contribution is 2.16. The summed E-state index contributed by atoms with van der Waals surface area (Å²) in [6.07, 6.45) is -0.101. The molecule has 2 rings (SSSR count). The highest BCUT2D eigenvalue weighted by Gasteiger charge is 2.13. The zero-order chi connectivity index (χ0) is 13.3. The third-order valence-electron chi connectivity index (χ3n) is 3.04. The van der Waals surface area contributed by atoms with E-state index in [0.717, 1.165) is 11.4 Å². The summed E-state index contributed by atoms with van der Waals surface area (Å²) in [4.78, 5) is 10.7. The molecule has 0 bridgehead atoms. The molecule has 0 fully saturated rings. The van der Waals surface area contributed by atoms with Crippen LogP contribution in [0.2, 0.25) is 0 Å². The molecule has 1 aromatic heterocycles. The van der Waals surface area contributed by atoms with Crippen molar-refractivity contribution in [3.8, 4) is 5.69 Å². The first kappa shape index (κ1) is 12.3. The molecule has 1 heterocycles. The van der Waals surface area contributed by atoms with E-state index < -0.39 is 5.97 Å². The van der Waals surface area contributed by atoms with E-state index in [-0.39, 0.29) is 6.42 Å². The molecule has 0 spiro atoms. The van der Waals surface area contributed by atoms with Crippen LogP contribution >= 0.6 is 0 Å². The topological polar surface area (TPSA) is 68.0 Å². The molecular formula is C13H15N3O2. The maximum atomic E-state index is 10.7. The number of benzene rings is 1. The number of carboxylic acid groups (broad SMARTS) is 1. The second kappa shape index (κ2) is 4.60. The number of aryl methyl sites for hydroxylation is 2. The van der Waals surface area contributed by atoms with Crippen molar-refractivity contribution < 1.29 is 9.90 Å². The molecule has 0 atom stereocenters. The lowest BCUT2D eigenvalue weighted by Crippen LogP contribution is -2.04. The highest BCUT2D eigenvalue weighted by molar-refractivity contribution is 5.69. The molecular weight excluding hydrogens is 230 g/mol. The quantitative estimate of drug-likeness (QED) is 0.895. The minimum Gasteiger partial charge on any atom is -0.481 e. The van der Waals surface area contributed by atoms with Gasteiger partial charge >= 0.3 is 5.97 Å². The van der Waals surface area contributed by atoms with Gasteiger partial charge in [-0.15, -0.1) is 5.10 Å². The number of hydrogen-bond acceptors (Lipinski definition) is 3. The van der Waals surface area contributed by atoms with Crippen LogP contribution in [0, 0.1) is 20.8 Å². The Hall–Kier alpha value is -2.17. The fourth-order valence-corrected chi connectivity index (χ4v) is 1.77. The van der Waals surface area contributed by atoms with Crippen molar-refractivity contribution in [3.63, 3.8) is 0 Å². The minimum atomic E-state index is -0.898. The Morgan fingerprint density at radius 1 is 1.28 bits per heavy atom. The van der Waals surface area contributed by atoms with Crippen LogP contribution in [-0.4, -0.2) is 26.1 Å². The van der Waals surface area contributed by atoms with Gasteiger partial charge in [0, 0.05) is 0 Å². The molecule has 5 nitrogen and oxygen atoms in total. The van der Waals surface area contributed by atoms with Gasteiger partial charge in [-0.25, -0.2) is 4.68 Å². The predicted molar refractivity (Wildman–Crippen MR) is 66.9 cm³/mol. The van der Waals surface area contributed by atoms with E-state index in [1.165, 1.54) is 11.1 Å². The summed E-state index contributed by atoms with van der Waals surface area (Å²) in [6, 6.07) is 5.98. The molecule has 0 aliphatic carbocycles. The SMILES string of the molecule is Cc1ccc(-n2nnc(CC(=O)O)c2C)cc1C. The molecule has 0 unspecified atom stereocenters. The fourth-order valence-electron chi connectivity index (χ4n) is 1.77. The molecule has 1 N–H and O–H groups in total. The zero-order valence-corrected chi connectivity index (χ0v) is 10.6. The van der Waals surface area contributed by atoms with Crippen LogP contribution < -0.4 is 0 Å². The molecule has 0 saturated carbocycles. The molecule has 0 aliphatic rings. The van der Waals surface area contributed by atoms with Crippen molar-refractivity contribution >= 4 is 5.97 Å². The van der Waals surface area contributed by atoms with Gasteiger partial charge in [-0.2, -0.15) is 0 Å². The average Bonchev–Trinajstić information content (AvgIpc) is 2.64. The summed E-state index contributed by atoms with van der Waals surface area (Å²) in [5, 5.41) is 16.7. The largest absolute Gasteiger partial charge is 0.481 e. The van der Waals surface area contributed by atoms with Crippen molar-refractivity contribution in [3.05, 3.63) is 40.7 Å². The maximum absolute atomic E-state index is 10.7. The van der Waals surface area contributed by atoms with Crippen molar-refractivity contribution in [2.75, 3.05) is 0 Å². The predicted octanol–water partition coefficient (Wildman–Crippen LogP) is 1.82. The van der Waals surface area contributed by atoms with Crippen molar-refractivity contribution in [2.45, 2.75) is 27.2 Å². The first-order valence-electron chi connectivity index (χ1n) is 5.69. The Labute approximate surface area is 105 Å². The van der Waals surface area contributed by atoms with Gasteiger partial charge in [0.05, 0.1) is 23.5 Å². The summed E-state index contributed by atoms with van der Waals surface area (Å²) in [7, 11) is 0. The fraction of sp³-hybridized carbons (Fsp3) is 0.308. The Morgan fingerprint density at radius 3 is 2.61 bits per heavy atom. The van der Waals surface area contributed by atoms with Gasteiger partial charge in [0.1, 0.15) is 0 Å². The molecule has 5 heteroatoms. The van der Waals surface area contributed by atoms with E-state index in [9.17, 15) is 4.79 Å². The number of nitrogens with zero attached hydrogens (tertiary/aromatic N) is 3. The molecule has 18 heavy (non-hydrogen) atoms. The van der Waals surface area contributed by atoms with Crippen LogP contribution in [-0.2, 0) is 11.2 Å². The third-order valence-corrected chi connectivity index (χ3v) is 3.04. The third kappa shape index (κ3) is 2.25. The molecule has 0 aliphatic heterocycles. The van der Waals surface area contributed by atoms with Gasteiger partial charge in [0.15, 0.2) is 0 Å². The number of aliphatic carboxylic acids is 1. The molecule has 0 saturated heterocycles. The molecule has 0 radical (unpaired) electrons. The van der Waals surface area contributed by atoms with Gasteiger partial charge in [0.2, 0.25) is 0 Å². The van der Waals surface area contributed by atoms with Gasteiger partial charge in [-0.05, 0) is 44.0 Å². The molecule has 2 aromatic rings. The summed E-state index contributed by atoms with van der Waals surface area (Å²) in [5.74, 6) is -0.898. The standard InChI is InChI=1S/C13H15N3O2/c1-8-4-5-11(6-9(8)2)16-10(3)12(14-15-16)7-13(17)18/h4-6H,7H2,1-3H3,(H,17,18). The van der Waals surface area contributed by atoms with Crippen molar-refractivity contribution in [1.29, 1.82) is 0 Å². The number of carbonyl (C=O) groups is 1. The van der Waals surface area contributed by atoms with Gasteiger partial charge < -0.3 is 5.11 Å². The van der Waals surface area contributed by atoms with Crippen LogP contribution in [0.5, 0.6) is 0 Å². The van der Waals surface area contributed by atoms with E-state index in [2.05, 4.69) is 10.3 Å². The second-order valence-electron chi connectivity index (χ2n) is 4.37. The van der Waals surface area contributed by atoms with Gasteiger partial charge in [-0.3, -0.25) is 4.79 Å². The first-order valence-corrected chi connectivity index (χ1v) is 5.69. The highest BCUT2D eigenvalue weighted by atomic mass is 16.4. The Morgan fingerprint density at radius 2 is 2.00 bits per heavy atom. The number of rotatable bonds is 3. The summed E-state index contributed by atoms with van der Waals surface area (Å²) >= 11 is 0. The minimum absolute atomic E-state index is 0.101. The normalized spacial score (nSPS) is 10.6. The number of hydrogen-bond donors (Lipinski definition) is 1. The van der Waals surface area contributed by atoms with Crippen molar-refractivity contribution in [2.24, 2.45) is 0 Å². The lowest BCUT2D eigenvalue weighted by Gasteiger charge is -2.06. The average molecular weight is 245 g/mol. The van der Waals surface area contributed by atoms with Crippen LogP contribution in [0.4, 0.5) is 0 Å². The van der Waals surface area contributed by atoms with E-state index >= 15 is 0 Å². The summed E-state index contributed by atoms with van der Waals surface area (Å²) in [6.45, 7) is 5.90. The van der Waals surface area contributed by atoms with E-state index in [4.69, 9.17) is 5.11 Å². The van der Waals surface area contributed by atoms with Crippen LogP contribution in [0.1, 0.15) is 22.5 Å². The van der Waals surface area contributed by atoms with E-state index in [1.54, 1.807) is 4.68 Å². The van der Waals surface area contributed by atoms with Crippen LogP contribution in [0.15, 0.2) is 18.2 Å². The maximum Gasteiger partial charge on any atom is 0.309 e. The zero-order valence-electron chi connectivity index (χ0n) is 10.6. The Bertz CT molecular complexity index is 602. The van der Waals surface area contributed by atoms with Crippen LogP contribution in [0.25, 0.3) is 5.69 Å². The molecule has 1 aromatic carbocycles.